The van der Waals surface area contributed by atoms with Gasteiger partial charge in [-0.25, -0.2) is 0 Å². The van der Waals surface area contributed by atoms with Gasteiger partial charge in [-0.3, -0.25) is 4.79 Å². The van der Waals surface area contributed by atoms with Crippen molar-refractivity contribution in [1.29, 1.82) is 0 Å². The first-order chi connectivity index (χ1) is 12.0. The van der Waals surface area contributed by atoms with Crippen molar-refractivity contribution in [3.63, 3.8) is 0 Å². The normalized spacial score (nSPS) is 16.1. The molecule has 0 aliphatic carbocycles. The number of halogens is 1. The van der Waals surface area contributed by atoms with Crippen molar-refractivity contribution in [2.45, 2.75) is 26.3 Å². The topological polar surface area (TPSA) is 47.6 Å². The molecule has 1 heterocycles. The maximum atomic E-state index is 12.6. The third-order valence-electron chi connectivity index (χ3n) is 4.02. The van der Waals surface area contributed by atoms with Crippen molar-refractivity contribution in [3.05, 3.63) is 58.6 Å². The Hall–Kier alpha value is -2.20. The Kier molecular flexibility index (Phi) is 5.49. The number of benzene rings is 2. The summed E-state index contributed by atoms with van der Waals surface area (Å²) in [7, 11) is 0. The van der Waals surface area contributed by atoms with Crippen LogP contribution in [0, 0.1) is 5.92 Å². The number of hydrogen-bond acceptors (Lipinski definition) is 3. The summed E-state index contributed by atoms with van der Waals surface area (Å²) in [5.41, 5.74) is 1.52. The quantitative estimate of drug-likeness (QED) is 0.846. The van der Waals surface area contributed by atoms with E-state index in [1.807, 2.05) is 24.3 Å². The standard InChI is InChI=1S/C20H22ClNO3/c1-13(2)12-25-16-6-3-14(4-7-16)20(23)22-18-9-10-24-19-8-5-15(21)11-17(18)19/h3-8,11,13,18H,9-10,12H2,1-2H3,(H,22,23). The molecule has 25 heavy (non-hydrogen) atoms. The Balaban J connectivity index is 1.68. The zero-order valence-electron chi connectivity index (χ0n) is 14.4. The van der Waals surface area contributed by atoms with E-state index in [2.05, 4.69) is 19.2 Å². The summed E-state index contributed by atoms with van der Waals surface area (Å²) in [6, 6.07) is 12.6. The Bertz CT molecular complexity index is 743. The molecule has 2 aromatic rings. The van der Waals surface area contributed by atoms with E-state index in [0.717, 1.165) is 17.1 Å². The first-order valence-electron chi connectivity index (χ1n) is 8.49. The Morgan fingerprint density at radius 2 is 2.04 bits per heavy atom. The first kappa shape index (κ1) is 17.6. The van der Waals surface area contributed by atoms with Crippen LogP contribution < -0.4 is 14.8 Å². The lowest BCUT2D eigenvalue weighted by Gasteiger charge is -2.27. The van der Waals surface area contributed by atoms with Crippen LogP contribution in [0.3, 0.4) is 0 Å². The van der Waals surface area contributed by atoms with Gasteiger partial charge >= 0.3 is 0 Å². The molecule has 0 fully saturated rings. The van der Waals surface area contributed by atoms with Crippen LogP contribution in [0.1, 0.15) is 42.2 Å². The number of rotatable bonds is 5. The molecule has 0 saturated heterocycles. The van der Waals surface area contributed by atoms with Gasteiger partial charge in [0.05, 0.1) is 19.3 Å². The Labute approximate surface area is 153 Å². The third kappa shape index (κ3) is 4.45. The maximum absolute atomic E-state index is 12.6. The van der Waals surface area contributed by atoms with Gasteiger partial charge in [-0.1, -0.05) is 25.4 Å². The molecule has 5 heteroatoms. The zero-order valence-corrected chi connectivity index (χ0v) is 15.2. The van der Waals surface area contributed by atoms with E-state index >= 15 is 0 Å². The molecular weight excluding hydrogens is 338 g/mol. The van der Waals surface area contributed by atoms with Gasteiger partial charge in [0.25, 0.3) is 5.91 Å². The molecule has 1 unspecified atom stereocenters. The summed E-state index contributed by atoms with van der Waals surface area (Å²) < 4.78 is 11.3. The monoisotopic (exact) mass is 359 g/mol. The lowest BCUT2D eigenvalue weighted by atomic mass is 10.00. The predicted molar refractivity (Wildman–Crippen MR) is 98.5 cm³/mol. The molecule has 132 valence electrons. The minimum atomic E-state index is -0.117. The van der Waals surface area contributed by atoms with Crippen LogP contribution in [-0.4, -0.2) is 19.1 Å². The van der Waals surface area contributed by atoms with Crippen LogP contribution in [0.15, 0.2) is 42.5 Å². The molecular formula is C20H22ClNO3. The second-order valence-corrected chi connectivity index (χ2v) is 7.01. The molecule has 1 atom stereocenters. The summed E-state index contributed by atoms with van der Waals surface area (Å²) in [6.07, 6.45) is 0.717. The van der Waals surface area contributed by atoms with Crippen LogP contribution in [0.2, 0.25) is 5.02 Å². The van der Waals surface area contributed by atoms with Gasteiger partial charge in [0.15, 0.2) is 0 Å². The highest BCUT2D eigenvalue weighted by Crippen LogP contribution is 2.34. The van der Waals surface area contributed by atoms with Crippen LogP contribution in [0.5, 0.6) is 11.5 Å². The van der Waals surface area contributed by atoms with Crippen LogP contribution >= 0.6 is 11.6 Å². The molecule has 0 bridgehead atoms. The maximum Gasteiger partial charge on any atom is 0.251 e. The van der Waals surface area contributed by atoms with Gasteiger partial charge in [-0.15, -0.1) is 0 Å². The number of fused-ring (bicyclic) bond motifs is 1. The average molecular weight is 360 g/mol. The number of ether oxygens (including phenoxy) is 2. The van der Waals surface area contributed by atoms with Crippen molar-refractivity contribution in [3.8, 4) is 11.5 Å². The molecule has 3 rings (SSSR count). The molecule has 4 nitrogen and oxygen atoms in total. The Morgan fingerprint density at radius 3 is 2.76 bits per heavy atom. The number of carbonyl (C=O) groups excluding carboxylic acids is 1. The summed E-state index contributed by atoms with van der Waals surface area (Å²) in [5, 5.41) is 3.70. The molecule has 1 amide bonds. The largest absolute Gasteiger partial charge is 0.493 e. The van der Waals surface area contributed by atoms with Crippen molar-refractivity contribution in [2.75, 3.05) is 13.2 Å². The highest BCUT2D eigenvalue weighted by atomic mass is 35.5. The van der Waals surface area contributed by atoms with Gasteiger partial charge in [0.2, 0.25) is 0 Å². The van der Waals surface area contributed by atoms with Gasteiger partial charge in [0.1, 0.15) is 11.5 Å². The number of nitrogens with one attached hydrogen (secondary N) is 1. The van der Waals surface area contributed by atoms with E-state index in [0.29, 0.717) is 36.1 Å². The summed E-state index contributed by atoms with van der Waals surface area (Å²) in [5.74, 6) is 1.89. The van der Waals surface area contributed by atoms with Crippen molar-refractivity contribution in [2.24, 2.45) is 5.92 Å². The zero-order chi connectivity index (χ0) is 17.8. The number of amides is 1. The summed E-state index contributed by atoms with van der Waals surface area (Å²) >= 11 is 6.08. The fourth-order valence-electron chi connectivity index (χ4n) is 2.72. The molecule has 0 spiro atoms. The minimum Gasteiger partial charge on any atom is -0.493 e. The van der Waals surface area contributed by atoms with Crippen molar-refractivity contribution < 1.29 is 14.3 Å². The van der Waals surface area contributed by atoms with E-state index in [4.69, 9.17) is 21.1 Å². The van der Waals surface area contributed by atoms with E-state index in [1.165, 1.54) is 0 Å². The molecule has 0 aromatic heterocycles. The van der Waals surface area contributed by atoms with E-state index < -0.39 is 0 Å². The van der Waals surface area contributed by atoms with Gasteiger partial charge in [0, 0.05) is 22.6 Å². The molecule has 1 aliphatic heterocycles. The average Bonchev–Trinajstić information content (AvgIpc) is 2.61. The van der Waals surface area contributed by atoms with E-state index in [9.17, 15) is 4.79 Å². The van der Waals surface area contributed by atoms with Gasteiger partial charge in [-0.05, 0) is 48.4 Å². The van der Waals surface area contributed by atoms with Gasteiger partial charge < -0.3 is 14.8 Å². The smallest absolute Gasteiger partial charge is 0.251 e. The SMILES string of the molecule is CC(C)COc1ccc(C(=O)NC2CCOc3ccc(Cl)cc32)cc1. The number of hydrogen-bond donors (Lipinski definition) is 1. The van der Waals surface area contributed by atoms with Crippen molar-refractivity contribution in [1.82, 2.24) is 5.32 Å². The third-order valence-corrected chi connectivity index (χ3v) is 4.25. The predicted octanol–water partition coefficient (Wildman–Crippen LogP) is 4.63. The summed E-state index contributed by atoms with van der Waals surface area (Å²) in [4.78, 5) is 12.6. The molecule has 1 N–H and O–H groups in total. The molecule has 0 radical (unpaired) electrons. The summed E-state index contributed by atoms with van der Waals surface area (Å²) in [6.45, 7) is 5.42. The van der Waals surface area contributed by atoms with E-state index in [-0.39, 0.29) is 11.9 Å². The van der Waals surface area contributed by atoms with Crippen LogP contribution in [0.25, 0.3) is 0 Å². The highest BCUT2D eigenvalue weighted by molar-refractivity contribution is 6.30. The lowest BCUT2D eigenvalue weighted by molar-refractivity contribution is 0.0924. The van der Waals surface area contributed by atoms with Crippen LogP contribution in [-0.2, 0) is 0 Å². The van der Waals surface area contributed by atoms with Gasteiger partial charge in [-0.2, -0.15) is 0 Å². The second-order valence-electron chi connectivity index (χ2n) is 6.57. The van der Waals surface area contributed by atoms with E-state index in [1.54, 1.807) is 18.2 Å². The second kappa shape index (κ2) is 7.79. The fraction of sp³-hybridized carbons (Fsp3) is 0.350. The molecule has 2 aromatic carbocycles. The number of carbonyl (C=O) groups is 1. The Morgan fingerprint density at radius 1 is 1.28 bits per heavy atom. The van der Waals surface area contributed by atoms with Crippen LogP contribution in [0.4, 0.5) is 0 Å². The first-order valence-corrected chi connectivity index (χ1v) is 8.86. The molecule has 0 saturated carbocycles. The van der Waals surface area contributed by atoms with Crippen molar-refractivity contribution >= 4 is 17.5 Å². The fourth-order valence-corrected chi connectivity index (χ4v) is 2.90. The highest BCUT2D eigenvalue weighted by Gasteiger charge is 2.23. The minimum absolute atomic E-state index is 0.105. The lowest BCUT2D eigenvalue weighted by Crippen LogP contribution is -2.32. The molecule has 1 aliphatic rings.